The van der Waals surface area contributed by atoms with Gasteiger partial charge in [0.2, 0.25) is 10.0 Å². The van der Waals surface area contributed by atoms with E-state index in [0.29, 0.717) is 15.8 Å². The van der Waals surface area contributed by atoms with E-state index in [1.807, 2.05) is 0 Å². The number of halogens is 1. The maximum Gasteiger partial charge on any atom is 0.229 e. The Morgan fingerprint density at radius 2 is 2.00 bits per heavy atom. The Kier molecular flexibility index (Phi) is 3.06. The van der Waals surface area contributed by atoms with Crippen molar-refractivity contribution in [2.24, 2.45) is 0 Å². The van der Waals surface area contributed by atoms with Crippen molar-refractivity contribution in [1.82, 2.24) is 0 Å². The van der Waals surface area contributed by atoms with Gasteiger partial charge in [0.05, 0.1) is 11.9 Å². The van der Waals surface area contributed by atoms with E-state index in [-0.39, 0.29) is 0 Å². The second-order valence-corrected chi connectivity index (χ2v) is 5.67. The molecule has 0 saturated heterocycles. The third-order valence-electron chi connectivity index (χ3n) is 1.60. The fourth-order valence-corrected chi connectivity index (χ4v) is 2.53. The summed E-state index contributed by atoms with van der Waals surface area (Å²) in [6.07, 6.45) is 1.11. The van der Waals surface area contributed by atoms with Crippen LogP contribution in [0.1, 0.15) is 5.56 Å². The number of benzene rings is 1. The molecule has 1 aromatic rings. The molecule has 0 heterocycles. The van der Waals surface area contributed by atoms with Crippen molar-refractivity contribution in [2.75, 3.05) is 16.7 Å². The van der Waals surface area contributed by atoms with Gasteiger partial charge in [-0.1, -0.05) is 0 Å². The smallest absolute Gasteiger partial charge is 0.229 e. The van der Waals surface area contributed by atoms with Crippen LogP contribution in [0.2, 0.25) is 0 Å². The van der Waals surface area contributed by atoms with E-state index < -0.39 is 10.0 Å². The summed E-state index contributed by atoms with van der Waals surface area (Å²) in [6.45, 7) is 1.79. The van der Waals surface area contributed by atoms with Crippen molar-refractivity contribution in [3.8, 4) is 0 Å². The molecule has 0 spiro atoms. The molecule has 0 radical (unpaired) electrons. The molecule has 3 N–H and O–H groups in total. The lowest BCUT2D eigenvalue weighted by atomic mass is 10.2. The molecule has 0 aromatic heterocycles. The Hall–Kier alpha value is -0.750. The highest BCUT2D eigenvalue weighted by Crippen LogP contribution is 2.29. The number of rotatable bonds is 2. The largest absolute Gasteiger partial charge is 0.399 e. The number of aryl methyl sites for hydroxylation is 1. The lowest BCUT2D eigenvalue weighted by molar-refractivity contribution is 0.606. The Bertz CT molecular complexity index is 433. The number of sulfonamides is 1. The van der Waals surface area contributed by atoms with E-state index >= 15 is 0 Å². The van der Waals surface area contributed by atoms with E-state index in [1.165, 1.54) is 0 Å². The van der Waals surface area contributed by atoms with Gasteiger partial charge in [0, 0.05) is 10.2 Å². The molecule has 0 aliphatic heterocycles. The van der Waals surface area contributed by atoms with Crippen LogP contribution >= 0.6 is 15.9 Å². The van der Waals surface area contributed by atoms with Gasteiger partial charge in [0.15, 0.2) is 0 Å². The Labute approximate surface area is 91.7 Å². The van der Waals surface area contributed by atoms with Gasteiger partial charge in [0.25, 0.3) is 0 Å². The molecule has 14 heavy (non-hydrogen) atoms. The van der Waals surface area contributed by atoms with Crippen molar-refractivity contribution in [3.05, 3.63) is 22.2 Å². The lowest BCUT2D eigenvalue weighted by Crippen LogP contribution is -2.11. The number of hydrogen-bond acceptors (Lipinski definition) is 3. The van der Waals surface area contributed by atoms with E-state index in [9.17, 15) is 8.42 Å². The van der Waals surface area contributed by atoms with Crippen LogP contribution in [0.4, 0.5) is 11.4 Å². The third-order valence-corrected chi connectivity index (χ3v) is 2.80. The van der Waals surface area contributed by atoms with E-state index in [1.54, 1.807) is 19.1 Å². The first-order valence-electron chi connectivity index (χ1n) is 3.83. The van der Waals surface area contributed by atoms with Crippen molar-refractivity contribution < 1.29 is 8.42 Å². The van der Waals surface area contributed by atoms with Crippen LogP contribution in [0, 0.1) is 6.92 Å². The quantitative estimate of drug-likeness (QED) is 0.809. The first kappa shape index (κ1) is 11.3. The second-order valence-electron chi connectivity index (χ2n) is 3.07. The molecule has 0 bridgehead atoms. The van der Waals surface area contributed by atoms with Crippen LogP contribution in [0.5, 0.6) is 0 Å². The average molecular weight is 279 g/mol. The number of nitrogens with two attached hydrogens (primary N) is 1. The first-order valence-corrected chi connectivity index (χ1v) is 6.51. The van der Waals surface area contributed by atoms with Crippen LogP contribution in [-0.4, -0.2) is 14.7 Å². The minimum absolute atomic E-state index is 0.529. The van der Waals surface area contributed by atoms with E-state index in [2.05, 4.69) is 20.7 Å². The number of nitrogens with one attached hydrogen (secondary N) is 1. The molecule has 6 heteroatoms. The first-order chi connectivity index (χ1) is 6.29. The molecule has 0 aliphatic rings. The Morgan fingerprint density at radius 1 is 1.43 bits per heavy atom. The summed E-state index contributed by atoms with van der Waals surface area (Å²) in [5.74, 6) is 0. The highest BCUT2D eigenvalue weighted by atomic mass is 79.9. The SMILES string of the molecule is Cc1cc(N)cc(Br)c1NS(C)(=O)=O. The van der Waals surface area contributed by atoms with E-state index in [0.717, 1.165) is 11.8 Å². The standard InChI is InChI=1S/C8H11BrN2O2S/c1-5-3-6(10)4-7(9)8(5)11-14(2,12)13/h3-4,11H,10H2,1-2H3. The maximum atomic E-state index is 11.0. The molecule has 78 valence electrons. The molecule has 0 fully saturated rings. The predicted molar refractivity (Wildman–Crippen MR) is 61.8 cm³/mol. The van der Waals surface area contributed by atoms with Crippen molar-refractivity contribution >= 4 is 37.3 Å². The normalized spacial score (nSPS) is 11.4. The molecule has 0 unspecified atom stereocenters. The zero-order chi connectivity index (χ0) is 10.9. The van der Waals surface area contributed by atoms with Crippen LogP contribution < -0.4 is 10.5 Å². The van der Waals surface area contributed by atoms with Crippen molar-refractivity contribution in [1.29, 1.82) is 0 Å². The number of hydrogen-bond donors (Lipinski definition) is 2. The summed E-state index contributed by atoms with van der Waals surface area (Å²) in [7, 11) is -3.26. The summed E-state index contributed by atoms with van der Waals surface area (Å²) in [4.78, 5) is 0. The Morgan fingerprint density at radius 3 is 2.43 bits per heavy atom. The van der Waals surface area contributed by atoms with Crippen molar-refractivity contribution in [2.45, 2.75) is 6.92 Å². The Balaban J connectivity index is 3.22. The van der Waals surface area contributed by atoms with Gasteiger partial charge in [-0.25, -0.2) is 8.42 Å². The average Bonchev–Trinajstić information content (AvgIpc) is 1.95. The summed E-state index contributed by atoms with van der Waals surface area (Å²) >= 11 is 3.24. The number of nitrogen functional groups attached to an aromatic ring is 1. The topological polar surface area (TPSA) is 72.2 Å². The van der Waals surface area contributed by atoms with Gasteiger partial charge < -0.3 is 5.73 Å². The van der Waals surface area contributed by atoms with Gasteiger partial charge in [-0.3, -0.25) is 4.72 Å². The fraction of sp³-hybridized carbons (Fsp3) is 0.250. The summed E-state index contributed by atoms with van der Waals surface area (Å²) in [5, 5.41) is 0. The maximum absolute atomic E-state index is 11.0. The molecule has 0 saturated carbocycles. The van der Waals surface area contributed by atoms with Gasteiger partial charge in [0.1, 0.15) is 0 Å². The van der Waals surface area contributed by atoms with Gasteiger partial charge >= 0.3 is 0 Å². The van der Waals surface area contributed by atoms with Gasteiger partial charge in [-0.15, -0.1) is 0 Å². The third kappa shape index (κ3) is 2.88. The summed E-state index contributed by atoms with van der Waals surface area (Å²) in [6, 6.07) is 3.36. The zero-order valence-electron chi connectivity index (χ0n) is 7.83. The van der Waals surface area contributed by atoms with Crippen LogP contribution in [-0.2, 0) is 10.0 Å². The fourth-order valence-electron chi connectivity index (χ4n) is 1.09. The summed E-state index contributed by atoms with van der Waals surface area (Å²) in [5.41, 5.74) is 7.49. The predicted octanol–water partition coefficient (Wildman–Crippen LogP) is 1.71. The lowest BCUT2D eigenvalue weighted by Gasteiger charge is -2.10. The molecule has 4 nitrogen and oxygen atoms in total. The number of anilines is 2. The molecule has 1 aromatic carbocycles. The van der Waals surface area contributed by atoms with Crippen LogP contribution in [0.3, 0.4) is 0 Å². The van der Waals surface area contributed by atoms with Crippen molar-refractivity contribution in [3.63, 3.8) is 0 Å². The molecule has 1 rings (SSSR count). The van der Waals surface area contributed by atoms with E-state index in [4.69, 9.17) is 5.73 Å². The molecular weight excluding hydrogens is 268 g/mol. The van der Waals surface area contributed by atoms with Gasteiger partial charge in [-0.2, -0.15) is 0 Å². The molecule has 0 aliphatic carbocycles. The van der Waals surface area contributed by atoms with Crippen LogP contribution in [0.15, 0.2) is 16.6 Å². The zero-order valence-corrected chi connectivity index (χ0v) is 10.2. The second kappa shape index (κ2) is 3.78. The molecular formula is C8H11BrN2O2S. The highest BCUT2D eigenvalue weighted by Gasteiger charge is 2.09. The highest BCUT2D eigenvalue weighted by molar-refractivity contribution is 9.10. The van der Waals surface area contributed by atoms with Gasteiger partial charge in [-0.05, 0) is 40.5 Å². The minimum Gasteiger partial charge on any atom is -0.399 e. The monoisotopic (exact) mass is 278 g/mol. The minimum atomic E-state index is -3.26. The molecule has 0 amide bonds. The summed E-state index contributed by atoms with van der Waals surface area (Å²) < 4.78 is 25.1. The van der Waals surface area contributed by atoms with Crippen LogP contribution in [0.25, 0.3) is 0 Å². The molecule has 0 atom stereocenters.